The molecule has 0 aromatic carbocycles. The second kappa shape index (κ2) is 5.00. The molecular weight excluding hydrogens is 212 g/mol. The van der Waals surface area contributed by atoms with Crippen LogP contribution in [0.2, 0.25) is 0 Å². The number of aliphatic hydroxyl groups is 2. The third kappa shape index (κ3) is 2.84. The molecule has 0 aromatic rings. The molecule has 2 heteroatoms. The summed E-state index contributed by atoms with van der Waals surface area (Å²) >= 11 is 0. The van der Waals surface area contributed by atoms with Gasteiger partial charge in [0.2, 0.25) is 0 Å². The average molecular weight is 236 g/mol. The van der Waals surface area contributed by atoms with Gasteiger partial charge in [0, 0.05) is 5.92 Å². The average Bonchev–Trinajstić information content (AvgIpc) is 2.90. The first-order valence-electron chi connectivity index (χ1n) is 7.05. The Morgan fingerprint density at radius 1 is 1.00 bits per heavy atom. The van der Waals surface area contributed by atoms with Crippen molar-refractivity contribution in [3.8, 4) is 11.8 Å². The fourth-order valence-corrected chi connectivity index (χ4v) is 3.26. The van der Waals surface area contributed by atoms with Gasteiger partial charge in [-0.05, 0) is 44.9 Å². The van der Waals surface area contributed by atoms with Crippen molar-refractivity contribution in [2.24, 2.45) is 5.92 Å². The number of rotatable bonds is 2. The van der Waals surface area contributed by atoms with E-state index in [0.717, 1.165) is 57.8 Å². The van der Waals surface area contributed by atoms with Crippen molar-refractivity contribution in [1.82, 2.24) is 0 Å². The van der Waals surface area contributed by atoms with Crippen LogP contribution in [0, 0.1) is 17.8 Å². The molecule has 0 spiro atoms. The van der Waals surface area contributed by atoms with Gasteiger partial charge in [-0.15, -0.1) is 0 Å². The van der Waals surface area contributed by atoms with Crippen molar-refractivity contribution in [1.29, 1.82) is 0 Å². The molecule has 0 heterocycles. The molecule has 2 rings (SSSR count). The molecule has 1 unspecified atom stereocenters. The van der Waals surface area contributed by atoms with Crippen LogP contribution in [-0.2, 0) is 0 Å². The molecule has 0 aromatic heterocycles. The van der Waals surface area contributed by atoms with Gasteiger partial charge in [0.25, 0.3) is 0 Å². The molecule has 1 atom stereocenters. The highest BCUT2D eigenvalue weighted by molar-refractivity contribution is 5.20. The number of hydrogen-bond acceptors (Lipinski definition) is 2. The first-order valence-corrected chi connectivity index (χ1v) is 7.05. The van der Waals surface area contributed by atoms with E-state index in [-0.39, 0.29) is 5.92 Å². The fraction of sp³-hybridized carbons (Fsp3) is 0.867. The first-order chi connectivity index (χ1) is 8.08. The van der Waals surface area contributed by atoms with Gasteiger partial charge < -0.3 is 10.2 Å². The monoisotopic (exact) mass is 236 g/mol. The summed E-state index contributed by atoms with van der Waals surface area (Å²) in [6, 6.07) is 0. The molecule has 2 fully saturated rings. The lowest BCUT2D eigenvalue weighted by Gasteiger charge is -2.28. The van der Waals surface area contributed by atoms with Crippen molar-refractivity contribution in [2.75, 3.05) is 0 Å². The molecule has 0 saturated heterocycles. The standard InChI is InChI=1S/C15H24O2/c1-2-13(15(17)10-5-6-11-15)7-12-14(16)8-3-4-9-14/h13,16-17H,2-6,8-11H2,1H3. The molecule has 2 nitrogen and oxygen atoms in total. The Hall–Kier alpha value is -0.520. The Morgan fingerprint density at radius 3 is 2.06 bits per heavy atom. The Balaban J connectivity index is 2.07. The van der Waals surface area contributed by atoms with Crippen LogP contribution < -0.4 is 0 Å². The van der Waals surface area contributed by atoms with Gasteiger partial charge in [0.05, 0.1) is 5.60 Å². The molecule has 0 aliphatic heterocycles. The molecule has 17 heavy (non-hydrogen) atoms. The summed E-state index contributed by atoms with van der Waals surface area (Å²) < 4.78 is 0. The van der Waals surface area contributed by atoms with E-state index in [1.165, 1.54) is 0 Å². The minimum Gasteiger partial charge on any atom is -0.389 e. The minimum atomic E-state index is -0.762. The van der Waals surface area contributed by atoms with E-state index in [1.807, 2.05) is 0 Å². The second-order valence-corrected chi connectivity index (χ2v) is 5.78. The highest BCUT2D eigenvalue weighted by atomic mass is 16.3. The van der Waals surface area contributed by atoms with Crippen LogP contribution in [0.15, 0.2) is 0 Å². The first kappa shape index (κ1) is 12.9. The van der Waals surface area contributed by atoms with Crippen LogP contribution in [0.4, 0.5) is 0 Å². The molecule has 2 saturated carbocycles. The Morgan fingerprint density at radius 2 is 1.53 bits per heavy atom. The van der Waals surface area contributed by atoms with E-state index in [9.17, 15) is 10.2 Å². The third-order valence-corrected chi connectivity index (χ3v) is 4.44. The van der Waals surface area contributed by atoms with E-state index in [1.54, 1.807) is 0 Å². The summed E-state index contributed by atoms with van der Waals surface area (Å²) in [7, 11) is 0. The highest BCUT2D eigenvalue weighted by Crippen LogP contribution is 2.37. The smallest absolute Gasteiger partial charge is 0.125 e. The van der Waals surface area contributed by atoms with Crippen LogP contribution in [-0.4, -0.2) is 21.4 Å². The third-order valence-electron chi connectivity index (χ3n) is 4.44. The van der Waals surface area contributed by atoms with Gasteiger partial charge in [0.15, 0.2) is 0 Å². The minimum absolute atomic E-state index is 0.0367. The molecule has 0 bridgehead atoms. The summed E-state index contributed by atoms with van der Waals surface area (Å²) in [6.07, 6.45) is 8.59. The molecule has 2 aliphatic carbocycles. The summed E-state index contributed by atoms with van der Waals surface area (Å²) in [5.41, 5.74) is -1.35. The molecule has 96 valence electrons. The summed E-state index contributed by atoms with van der Waals surface area (Å²) in [5.74, 6) is 6.28. The van der Waals surface area contributed by atoms with E-state index < -0.39 is 11.2 Å². The van der Waals surface area contributed by atoms with Gasteiger partial charge in [0.1, 0.15) is 5.60 Å². The molecule has 2 N–H and O–H groups in total. The van der Waals surface area contributed by atoms with E-state index in [4.69, 9.17) is 0 Å². The van der Waals surface area contributed by atoms with Gasteiger partial charge >= 0.3 is 0 Å². The molecular formula is C15H24O2. The second-order valence-electron chi connectivity index (χ2n) is 5.78. The van der Waals surface area contributed by atoms with Crippen LogP contribution in [0.25, 0.3) is 0 Å². The quantitative estimate of drug-likeness (QED) is 0.724. The lowest BCUT2D eigenvalue weighted by atomic mass is 9.84. The summed E-state index contributed by atoms with van der Waals surface area (Å²) in [6.45, 7) is 2.08. The van der Waals surface area contributed by atoms with E-state index in [0.29, 0.717) is 0 Å². The number of hydrogen-bond donors (Lipinski definition) is 2. The molecule has 2 aliphatic rings. The molecule has 0 radical (unpaired) electrons. The van der Waals surface area contributed by atoms with Gasteiger partial charge in [-0.2, -0.15) is 0 Å². The lowest BCUT2D eigenvalue weighted by Crippen LogP contribution is -2.34. The van der Waals surface area contributed by atoms with Crippen molar-refractivity contribution in [3.63, 3.8) is 0 Å². The largest absolute Gasteiger partial charge is 0.389 e. The maximum Gasteiger partial charge on any atom is 0.125 e. The zero-order valence-electron chi connectivity index (χ0n) is 10.8. The zero-order chi connectivity index (χ0) is 12.4. The lowest BCUT2D eigenvalue weighted by molar-refractivity contribution is 0.00819. The normalized spacial score (nSPS) is 27.5. The van der Waals surface area contributed by atoms with Crippen molar-refractivity contribution in [3.05, 3.63) is 0 Å². The van der Waals surface area contributed by atoms with E-state index >= 15 is 0 Å². The maximum absolute atomic E-state index is 10.5. The summed E-state index contributed by atoms with van der Waals surface area (Å²) in [4.78, 5) is 0. The fourth-order valence-electron chi connectivity index (χ4n) is 3.26. The predicted octanol–water partition coefficient (Wildman–Crippen LogP) is 2.63. The van der Waals surface area contributed by atoms with Crippen LogP contribution in [0.5, 0.6) is 0 Å². The van der Waals surface area contributed by atoms with E-state index in [2.05, 4.69) is 18.8 Å². The Bertz CT molecular complexity index is 312. The van der Waals surface area contributed by atoms with Crippen molar-refractivity contribution in [2.45, 2.75) is 75.9 Å². The zero-order valence-corrected chi connectivity index (χ0v) is 10.8. The Labute approximate surface area is 104 Å². The Kier molecular flexibility index (Phi) is 3.80. The van der Waals surface area contributed by atoms with Crippen LogP contribution >= 0.6 is 0 Å². The van der Waals surface area contributed by atoms with Gasteiger partial charge in [-0.1, -0.05) is 31.6 Å². The SMILES string of the molecule is CCC(C#CC1(O)CCCC1)C1(O)CCCC1. The van der Waals surface area contributed by atoms with Gasteiger partial charge in [-0.3, -0.25) is 0 Å². The topological polar surface area (TPSA) is 40.5 Å². The van der Waals surface area contributed by atoms with Crippen LogP contribution in [0.3, 0.4) is 0 Å². The highest BCUT2D eigenvalue weighted by Gasteiger charge is 2.38. The van der Waals surface area contributed by atoms with Gasteiger partial charge in [-0.25, -0.2) is 0 Å². The van der Waals surface area contributed by atoms with Crippen molar-refractivity contribution < 1.29 is 10.2 Å². The van der Waals surface area contributed by atoms with Crippen molar-refractivity contribution >= 4 is 0 Å². The predicted molar refractivity (Wildman–Crippen MR) is 68.4 cm³/mol. The summed E-state index contributed by atoms with van der Waals surface area (Å²) in [5, 5.41) is 20.7. The van der Waals surface area contributed by atoms with Crippen LogP contribution in [0.1, 0.15) is 64.7 Å². The molecule has 0 amide bonds. The maximum atomic E-state index is 10.5.